The topological polar surface area (TPSA) is 0 Å². The highest BCUT2D eigenvalue weighted by molar-refractivity contribution is 5.51. The predicted octanol–water partition coefficient (Wildman–Crippen LogP) is 8.87. The van der Waals surface area contributed by atoms with Gasteiger partial charge in [-0.2, -0.15) is 8.78 Å². The van der Waals surface area contributed by atoms with Crippen LogP contribution in [-0.4, -0.2) is 0 Å². The van der Waals surface area contributed by atoms with E-state index in [0.717, 1.165) is 24.3 Å². The van der Waals surface area contributed by atoms with Gasteiger partial charge in [0.25, 0.3) is 6.08 Å². The van der Waals surface area contributed by atoms with E-state index in [1.54, 1.807) is 0 Å². The van der Waals surface area contributed by atoms with Crippen molar-refractivity contribution >= 4 is 6.08 Å². The monoisotopic (exact) mass is 380 g/mol. The van der Waals surface area contributed by atoms with E-state index in [1.165, 1.54) is 82.8 Å². The zero-order valence-corrected chi connectivity index (χ0v) is 16.8. The summed E-state index contributed by atoms with van der Waals surface area (Å²) >= 11 is 0. The van der Waals surface area contributed by atoms with Crippen molar-refractivity contribution < 1.29 is 13.2 Å². The summed E-state index contributed by atoms with van der Waals surface area (Å²) in [6.07, 6.45) is 15.6. The molecule has 0 bridgehead atoms. The van der Waals surface area contributed by atoms with Crippen molar-refractivity contribution in [3.05, 3.63) is 41.2 Å². The predicted molar refractivity (Wildman–Crippen MR) is 109 cm³/mol. The summed E-state index contributed by atoms with van der Waals surface area (Å²) in [5.74, 6) is 0.651. The van der Waals surface area contributed by atoms with Crippen molar-refractivity contribution in [3.8, 4) is 0 Å². The van der Waals surface area contributed by atoms with E-state index in [1.807, 2.05) is 6.07 Å². The zero-order valence-electron chi connectivity index (χ0n) is 16.8. The summed E-state index contributed by atoms with van der Waals surface area (Å²) in [6, 6.07) is 4.76. The molecule has 1 aromatic rings. The second-order valence-electron chi connectivity index (χ2n) is 8.20. The van der Waals surface area contributed by atoms with Gasteiger partial charge in [-0.15, -0.1) is 0 Å². The summed E-state index contributed by atoms with van der Waals surface area (Å²) < 4.78 is 38.6. The molecular weight excluding hydrogens is 345 g/mol. The Labute approximate surface area is 163 Å². The lowest BCUT2D eigenvalue weighted by Crippen LogP contribution is -2.13. The minimum absolute atomic E-state index is 0.0258. The van der Waals surface area contributed by atoms with Crippen LogP contribution in [0.25, 0.3) is 6.08 Å². The van der Waals surface area contributed by atoms with E-state index in [-0.39, 0.29) is 5.56 Å². The summed E-state index contributed by atoms with van der Waals surface area (Å²) in [5.41, 5.74) is 0.941. The Morgan fingerprint density at radius 2 is 1.56 bits per heavy atom. The van der Waals surface area contributed by atoms with E-state index in [0.29, 0.717) is 12.0 Å². The Morgan fingerprint density at radius 1 is 0.926 bits per heavy atom. The van der Waals surface area contributed by atoms with Crippen LogP contribution in [0.4, 0.5) is 13.2 Å². The third kappa shape index (κ3) is 8.11. The minimum Gasteiger partial charge on any atom is -0.206 e. The van der Waals surface area contributed by atoms with Crippen molar-refractivity contribution in [2.24, 2.45) is 5.92 Å². The maximum Gasteiger partial charge on any atom is 0.271 e. The summed E-state index contributed by atoms with van der Waals surface area (Å²) in [5, 5.41) is 0. The third-order valence-corrected chi connectivity index (χ3v) is 6.07. The van der Waals surface area contributed by atoms with E-state index >= 15 is 0 Å². The van der Waals surface area contributed by atoms with Crippen molar-refractivity contribution in [1.82, 2.24) is 0 Å². The smallest absolute Gasteiger partial charge is 0.206 e. The molecule has 152 valence electrons. The number of hydrogen-bond acceptors (Lipinski definition) is 0. The molecule has 1 aliphatic carbocycles. The molecule has 0 saturated heterocycles. The summed E-state index contributed by atoms with van der Waals surface area (Å²) in [4.78, 5) is 0. The molecule has 1 aliphatic rings. The minimum atomic E-state index is -1.86. The molecule has 0 atom stereocenters. The molecule has 2 rings (SSSR count). The molecule has 0 spiro atoms. The van der Waals surface area contributed by atoms with E-state index < -0.39 is 11.9 Å². The summed E-state index contributed by atoms with van der Waals surface area (Å²) in [6.45, 7) is 2.26. The quantitative estimate of drug-likeness (QED) is 0.336. The molecule has 0 nitrogen and oxygen atoms in total. The molecule has 1 fully saturated rings. The van der Waals surface area contributed by atoms with Crippen LogP contribution in [0.5, 0.6) is 0 Å². The number of unbranched alkanes of at least 4 members (excludes halogenated alkanes) is 7. The Morgan fingerprint density at radius 3 is 2.15 bits per heavy atom. The number of hydrogen-bond donors (Lipinski definition) is 0. The largest absolute Gasteiger partial charge is 0.271 e. The highest BCUT2D eigenvalue weighted by Crippen LogP contribution is 2.38. The molecule has 0 aromatic heterocycles. The SMILES string of the molecule is CCCCCCCCCC[C@H]1CC[C@H](c2ccc(C=C(F)F)c(F)c2)CC1. The molecule has 27 heavy (non-hydrogen) atoms. The number of benzene rings is 1. The second-order valence-corrected chi connectivity index (χ2v) is 8.20. The first-order chi connectivity index (χ1) is 13.1. The maximum atomic E-state index is 14.0. The molecule has 0 heterocycles. The van der Waals surface area contributed by atoms with Crippen molar-refractivity contribution in [1.29, 1.82) is 0 Å². The molecule has 0 N–H and O–H groups in total. The molecule has 1 aromatic carbocycles. The molecule has 0 radical (unpaired) electrons. The molecule has 1 saturated carbocycles. The molecule has 0 aliphatic heterocycles. The van der Waals surface area contributed by atoms with Crippen LogP contribution in [0.15, 0.2) is 24.3 Å². The van der Waals surface area contributed by atoms with Crippen molar-refractivity contribution in [2.75, 3.05) is 0 Å². The van der Waals surface area contributed by atoms with Gasteiger partial charge >= 0.3 is 0 Å². The van der Waals surface area contributed by atoms with Crippen LogP contribution < -0.4 is 0 Å². The first kappa shape index (κ1) is 22.0. The van der Waals surface area contributed by atoms with Gasteiger partial charge in [0.2, 0.25) is 0 Å². The van der Waals surface area contributed by atoms with Gasteiger partial charge in [-0.1, -0.05) is 76.8 Å². The van der Waals surface area contributed by atoms with Gasteiger partial charge in [0.1, 0.15) is 5.82 Å². The van der Waals surface area contributed by atoms with Gasteiger partial charge in [-0.05, 0) is 49.1 Å². The second kappa shape index (κ2) is 12.3. The average molecular weight is 381 g/mol. The van der Waals surface area contributed by atoms with Crippen LogP contribution >= 0.6 is 0 Å². The normalized spacial score (nSPS) is 19.9. The lowest BCUT2D eigenvalue weighted by molar-refractivity contribution is 0.301. The lowest BCUT2D eigenvalue weighted by Gasteiger charge is -2.29. The van der Waals surface area contributed by atoms with Gasteiger partial charge in [-0.3, -0.25) is 0 Å². The highest BCUT2D eigenvalue weighted by Gasteiger charge is 2.22. The Balaban J connectivity index is 1.65. The van der Waals surface area contributed by atoms with Gasteiger partial charge in [-0.25, -0.2) is 4.39 Å². The van der Waals surface area contributed by atoms with Crippen LogP contribution in [0.1, 0.15) is 107 Å². The molecule has 0 amide bonds. The summed E-state index contributed by atoms with van der Waals surface area (Å²) in [7, 11) is 0. The van der Waals surface area contributed by atoms with Gasteiger partial charge in [0.05, 0.1) is 0 Å². The maximum absolute atomic E-state index is 14.0. The van der Waals surface area contributed by atoms with Gasteiger partial charge in [0, 0.05) is 11.6 Å². The highest BCUT2D eigenvalue weighted by atomic mass is 19.3. The van der Waals surface area contributed by atoms with E-state index in [4.69, 9.17) is 0 Å². The van der Waals surface area contributed by atoms with E-state index in [9.17, 15) is 13.2 Å². The van der Waals surface area contributed by atoms with Crippen molar-refractivity contribution in [3.63, 3.8) is 0 Å². The van der Waals surface area contributed by atoms with Crippen LogP contribution in [-0.2, 0) is 0 Å². The van der Waals surface area contributed by atoms with E-state index in [2.05, 4.69) is 6.92 Å². The number of rotatable bonds is 11. The molecular formula is C24H35F3. The first-order valence-electron chi connectivity index (χ1n) is 10.9. The van der Waals surface area contributed by atoms with Crippen LogP contribution in [0, 0.1) is 11.7 Å². The molecule has 3 heteroatoms. The van der Waals surface area contributed by atoms with Crippen LogP contribution in [0.2, 0.25) is 0 Å². The average Bonchev–Trinajstić information content (AvgIpc) is 2.66. The third-order valence-electron chi connectivity index (χ3n) is 6.07. The Kier molecular flexibility index (Phi) is 10.0. The van der Waals surface area contributed by atoms with Gasteiger partial charge in [0.15, 0.2) is 0 Å². The Bertz CT molecular complexity index is 567. The van der Waals surface area contributed by atoms with Crippen molar-refractivity contribution in [2.45, 2.75) is 96.3 Å². The fourth-order valence-electron chi connectivity index (χ4n) is 4.38. The molecule has 0 unspecified atom stereocenters. The lowest BCUT2D eigenvalue weighted by atomic mass is 9.77. The Hall–Kier alpha value is -1.25. The van der Waals surface area contributed by atoms with Crippen LogP contribution in [0.3, 0.4) is 0 Å². The first-order valence-corrected chi connectivity index (χ1v) is 10.9. The number of halogens is 3. The van der Waals surface area contributed by atoms with Gasteiger partial charge < -0.3 is 0 Å². The standard InChI is InChI=1S/C24H35F3/c1-2-3-4-5-6-7-8-9-10-19-11-13-20(14-12-19)21-15-16-22(18-24(26)27)23(25)17-21/h15-20H,2-14H2,1H3/t19-,20-. The fraction of sp³-hybridized carbons (Fsp3) is 0.667. The fourth-order valence-corrected chi connectivity index (χ4v) is 4.38. The zero-order chi connectivity index (χ0) is 19.5.